The highest BCUT2D eigenvalue weighted by Crippen LogP contribution is 2.30. The van der Waals surface area contributed by atoms with Crippen molar-refractivity contribution in [2.45, 2.75) is 13.0 Å². The number of amides is 2. The van der Waals surface area contributed by atoms with Gasteiger partial charge in [-0.3, -0.25) is 9.59 Å². The van der Waals surface area contributed by atoms with Gasteiger partial charge in [0, 0.05) is 43.2 Å². The van der Waals surface area contributed by atoms with Gasteiger partial charge in [0.05, 0.1) is 0 Å². The quantitative estimate of drug-likeness (QED) is 0.596. The van der Waals surface area contributed by atoms with E-state index >= 15 is 0 Å². The number of fused-ring (bicyclic) bond motifs is 1. The van der Waals surface area contributed by atoms with E-state index in [4.69, 9.17) is 0 Å². The van der Waals surface area contributed by atoms with Gasteiger partial charge in [-0.15, -0.1) is 0 Å². The molecule has 1 aliphatic heterocycles. The molecule has 0 atom stereocenters. The zero-order chi connectivity index (χ0) is 21.6. The minimum Gasteiger partial charge on any atom is -0.367 e. The minimum absolute atomic E-state index is 0.134. The predicted octanol–water partition coefficient (Wildman–Crippen LogP) is 4.26. The molecular formula is C26H25N3O2. The first kappa shape index (κ1) is 20.4. The minimum atomic E-state index is -0.190. The maximum atomic E-state index is 12.5. The van der Waals surface area contributed by atoms with Crippen molar-refractivity contribution in [3.05, 3.63) is 101 Å². The molecule has 3 aromatic rings. The van der Waals surface area contributed by atoms with Crippen LogP contribution in [0.5, 0.6) is 0 Å². The van der Waals surface area contributed by atoms with E-state index in [1.807, 2.05) is 30.3 Å². The van der Waals surface area contributed by atoms with Crippen LogP contribution >= 0.6 is 0 Å². The van der Waals surface area contributed by atoms with E-state index < -0.39 is 0 Å². The van der Waals surface area contributed by atoms with Crippen LogP contribution in [0.3, 0.4) is 0 Å². The van der Waals surface area contributed by atoms with E-state index in [9.17, 15) is 9.59 Å². The molecule has 2 N–H and O–H groups in total. The molecule has 2 amide bonds. The molecule has 156 valence electrons. The molecular weight excluding hydrogens is 386 g/mol. The molecule has 0 spiro atoms. The van der Waals surface area contributed by atoms with Crippen LogP contribution in [0.1, 0.15) is 27.0 Å². The molecule has 31 heavy (non-hydrogen) atoms. The summed E-state index contributed by atoms with van der Waals surface area (Å²) in [7, 11) is 1.60. The molecule has 0 saturated heterocycles. The first-order valence-electron chi connectivity index (χ1n) is 10.4. The Morgan fingerprint density at radius 3 is 2.52 bits per heavy atom. The van der Waals surface area contributed by atoms with Crippen LogP contribution < -0.4 is 15.5 Å². The van der Waals surface area contributed by atoms with Gasteiger partial charge < -0.3 is 15.5 Å². The summed E-state index contributed by atoms with van der Waals surface area (Å²) in [5.41, 5.74) is 5.97. The van der Waals surface area contributed by atoms with Gasteiger partial charge in [-0.25, -0.2) is 0 Å². The van der Waals surface area contributed by atoms with Crippen molar-refractivity contribution < 1.29 is 9.59 Å². The third-order valence-electron chi connectivity index (χ3n) is 5.45. The molecule has 3 aromatic carbocycles. The topological polar surface area (TPSA) is 61.4 Å². The SMILES string of the molecule is CNC(=O)c1ccc(C=CC(=O)Nc2ccccc2CN2CCc3ccccc32)cc1. The summed E-state index contributed by atoms with van der Waals surface area (Å²) in [6.45, 7) is 1.73. The Morgan fingerprint density at radius 2 is 1.71 bits per heavy atom. The number of para-hydroxylation sites is 2. The van der Waals surface area contributed by atoms with Crippen molar-refractivity contribution in [2.75, 3.05) is 23.8 Å². The summed E-state index contributed by atoms with van der Waals surface area (Å²) in [6.07, 6.45) is 4.30. The number of anilines is 2. The molecule has 0 aromatic heterocycles. The van der Waals surface area contributed by atoms with Crippen LogP contribution in [0.2, 0.25) is 0 Å². The summed E-state index contributed by atoms with van der Waals surface area (Å²) in [5.74, 6) is -0.324. The third-order valence-corrected chi connectivity index (χ3v) is 5.45. The van der Waals surface area contributed by atoms with Gasteiger partial charge in [0.15, 0.2) is 0 Å². The van der Waals surface area contributed by atoms with Gasteiger partial charge in [0.1, 0.15) is 0 Å². The lowest BCUT2D eigenvalue weighted by Gasteiger charge is -2.21. The smallest absolute Gasteiger partial charge is 0.251 e. The molecule has 1 aliphatic rings. The molecule has 0 aliphatic carbocycles. The number of hydrogen-bond donors (Lipinski definition) is 2. The molecule has 5 nitrogen and oxygen atoms in total. The molecule has 5 heteroatoms. The number of carbonyl (C=O) groups is 2. The average Bonchev–Trinajstić information content (AvgIpc) is 3.21. The molecule has 4 rings (SSSR count). The van der Waals surface area contributed by atoms with Gasteiger partial charge in [-0.1, -0.05) is 48.5 Å². The number of rotatable bonds is 6. The van der Waals surface area contributed by atoms with E-state index in [2.05, 4.69) is 45.9 Å². The second-order valence-electron chi connectivity index (χ2n) is 7.48. The average molecular weight is 412 g/mol. The zero-order valence-corrected chi connectivity index (χ0v) is 17.5. The van der Waals surface area contributed by atoms with E-state index in [1.54, 1.807) is 25.3 Å². The van der Waals surface area contributed by atoms with Crippen LogP contribution in [-0.2, 0) is 17.8 Å². The van der Waals surface area contributed by atoms with Gasteiger partial charge in [0.2, 0.25) is 5.91 Å². The van der Waals surface area contributed by atoms with Gasteiger partial charge >= 0.3 is 0 Å². The Morgan fingerprint density at radius 1 is 0.968 bits per heavy atom. The highest BCUT2D eigenvalue weighted by Gasteiger charge is 2.19. The van der Waals surface area contributed by atoms with Crippen LogP contribution in [0.4, 0.5) is 11.4 Å². The number of nitrogens with one attached hydrogen (secondary N) is 2. The van der Waals surface area contributed by atoms with Crippen LogP contribution in [0, 0.1) is 0 Å². The van der Waals surface area contributed by atoms with Gasteiger partial charge in [0.25, 0.3) is 5.91 Å². The monoisotopic (exact) mass is 411 g/mol. The second kappa shape index (κ2) is 9.30. The van der Waals surface area contributed by atoms with Crippen LogP contribution in [0.25, 0.3) is 6.08 Å². The van der Waals surface area contributed by atoms with E-state index in [-0.39, 0.29) is 11.8 Å². The molecule has 1 heterocycles. The molecule has 0 unspecified atom stereocenters. The lowest BCUT2D eigenvalue weighted by Crippen LogP contribution is -2.21. The summed E-state index contributed by atoms with van der Waals surface area (Å²) in [4.78, 5) is 26.5. The van der Waals surface area contributed by atoms with Gasteiger partial charge in [-0.05, 0) is 53.5 Å². The normalized spacial score (nSPS) is 12.6. The highest BCUT2D eigenvalue weighted by atomic mass is 16.2. The Labute approximate surface area is 182 Å². The third kappa shape index (κ3) is 4.83. The van der Waals surface area contributed by atoms with Crippen LogP contribution in [0.15, 0.2) is 78.9 Å². The summed E-state index contributed by atoms with van der Waals surface area (Å²) < 4.78 is 0. The summed E-state index contributed by atoms with van der Waals surface area (Å²) in [5, 5.41) is 5.59. The molecule has 0 radical (unpaired) electrons. The highest BCUT2D eigenvalue weighted by molar-refractivity contribution is 6.02. The van der Waals surface area contributed by atoms with Crippen molar-refractivity contribution in [3.8, 4) is 0 Å². The summed E-state index contributed by atoms with van der Waals surface area (Å²) in [6, 6.07) is 23.5. The number of benzene rings is 3. The van der Waals surface area contributed by atoms with E-state index in [1.165, 1.54) is 17.3 Å². The van der Waals surface area contributed by atoms with Crippen molar-refractivity contribution in [3.63, 3.8) is 0 Å². The zero-order valence-electron chi connectivity index (χ0n) is 17.5. The predicted molar refractivity (Wildman–Crippen MR) is 125 cm³/mol. The van der Waals surface area contributed by atoms with Crippen molar-refractivity contribution in [1.29, 1.82) is 0 Å². The number of hydrogen-bond acceptors (Lipinski definition) is 3. The fourth-order valence-corrected chi connectivity index (χ4v) is 3.79. The Hall–Kier alpha value is -3.86. The molecule has 0 bridgehead atoms. The number of carbonyl (C=O) groups excluding carboxylic acids is 2. The number of nitrogens with zero attached hydrogens (tertiary/aromatic N) is 1. The first-order valence-corrected chi connectivity index (χ1v) is 10.4. The lowest BCUT2D eigenvalue weighted by molar-refractivity contribution is -0.111. The molecule has 0 saturated carbocycles. The Kier molecular flexibility index (Phi) is 6.13. The molecule has 0 fully saturated rings. The fourth-order valence-electron chi connectivity index (χ4n) is 3.79. The van der Waals surface area contributed by atoms with Crippen molar-refractivity contribution in [2.24, 2.45) is 0 Å². The maximum Gasteiger partial charge on any atom is 0.251 e. The Balaban J connectivity index is 1.42. The van der Waals surface area contributed by atoms with E-state index in [0.717, 1.165) is 36.3 Å². The fraction of sp³-hybridized carbons (Fsp3) is 0.154. The van der Waals surface area contributed by atoms with E-state index in [0.29, 0.717) is 5.56 Å². The Bertz CT molecular complexity index is 1120. The largest absolute Gasteiger partial charge is 0.367 e. The standard InChI is InChI=1S/C26H25N3O2/c1-27-26(31)21-13-10-19(11-14-21)12-15-25(30)28-23-8-4-2-7-22(23)18-29-17-16-20-6-3-5-9-24(20)29/h2-15H,16-18H2,1H3,(H,27,31)(H,28,30). The van der Waals surface area contributed by atoms with Gasteiger partial charge in [-0.2, -0.15) is 0 Å². The second-order valence-corrected chi connectivity index (χ2v) is 7.48. The van der Waals surface area contributed by atoms with Crippen molar-refractivity contribution in [1.82, 2.24) is 5.32 Å². The van der Waals surface area contributed by atoms with Crippen LogP contribution in [-0.4, -0.2) is 25.4 Å². The maximum absolute atomic E-state index is 12.5. The van der Waals surface area contributed by atoms with Crippen molar-refractivity contribution >= 4 is 29.3 Å². The summed E-state index contributed by atoms with van der Waals surface area (Å²) >= 11 is 0. The lowest BCUT2D eigenvalue weighted by atomic mass is 10.1. The first-order chi connectivity index (χ1) is 15.1.